The Morgan fingerprint density at radius 2 is 2.00 bits per heavy atom. The molecule has 10 heteroatoms. The maximum Gasteiger partial charge on any atom is 0.252 e. The first kappa shape index (κ1) is 22.6. The van der Waals surface area contributed by atoms with E-state index in [2.05, 4.69) is 15.3 Å². The summed E-state index contributed by atoms with van der Waals surface area (Å²) in [5, 5.41) is 26.8. The van der Waals surface area contributed by atoms with Crippen molar-refractivity contribution >= 4 is 5.91 Å². The topological polar surface area (TPSA) is 146 Å². The lowest BCUT2D eigenvalue weighted by molar-refractivity contribution is -0.313. The number of rotatable bonds is 8. The number of azide groups is 1. The van der Waals surface area contributed by atoms with Crippen molar-refractivity contribution in [2.24, 2.45) is 5.11 Å². The smallest absolute Gasteiger partial charge is 0.252 e. The second-order valence-electron chi connectivity index (χ2n) is 7.38. The number of hydrogen-bond acceptors (Lipinski definition) is 7. The maximum atomic E-state index is 12.5. The van der Waals surface area contributed by atoms with Gasteiger partial charge in [-0.3, -0.25) is 4.79 Å². The van der Waals surface area contributed by atoms with Gasteiger partial charge in [-0.05, 0) is 46.6 Å². The average Bonchev–Trinajstić information content (AvgIpc) is 2.52. The number of nitrogens with one attached hydrogen (secondary N) is 1. The van der Waals surface area contributed by atoms with Crippen LogP contribution >= 0.6 is 0 Å². The Morgan fingerprint density at radius 3 is 2.54 bits per heavy atom. The molecule has 0 aromatic heterocycles. The minimum atomic E-state index is -1.36. The summed E-state index contributed by atoms with van der Waals surface area (Å²) in [4.78, 5) is 15.2. The molecule has 150 valence electrons. The van der Waals surface area contributed by atoms with Gasteiger partial charge in [0.15, 0.2) is 12.4 Å². The first-order valence-corrected chi connectivity index (χ1v) is 8.70. The summed E-state index contributed by atoms with van der Waals surface area (Å²) in [6.45, 7) is 9.36. The number of aliphatic hydroxyl groups is 2. The normalized spacial score (nSPS) is 29.3. The molecule has 0 spiro atoms. The van der Waals surface area contributed by atoms with Gasteiger partial charge in [0.2, 0.25) is 0 Å². The van der Waals surface area contributed by atoms with E-state index >= 15 is 0 Å². The third-order valence-electron chi connectivity index (χ3n) is 3.50. The van der Waals surface area contributed by atoms with Gasteiger partial charge in [0, 0.05) is 18.0 Å². The summed E-state index contributed by atoms with van der Waals surface area (Å²) in [7, 11) is 0. The van der Waals surface area contributed by atoms with Crippen LogP contribution in [-0.4, -0.2) is 71.6 Å². The second-order valence-corrected chi connectivity index (χ2v) is 7.38. The van der Waals surface area contributed by atoms with Crippen molar-refractivity contribution < 1.29 is 29.2 Å². The standard InChI is InChI=1S/C16H30N4O6/c1-9(2)24-15-11(22)10(21)12(26-16(3,4)5)13(25-15)14(23)18-7-6-8-19-20-17/h9-13,15,21-22H,6-8H2,1-5H3,(H,18,23)/t10?,11-,12+,13?,15-/m1/s1. The highest BCUT2D eigenvalue weighted by Crippen LogP contribution is 2.28. The summed E-state index contributed by atoms with van der Waals surface area (Å²) >= 11 is 0. The molecule has 3 N–H and O–H groups in total. The Morgan fingerprint density at radius 1 is 1.35 bits per heavy atom. The molecule has 0 radical (unpaired) electrons. The Balaban J connectivity index is 2.87. The van der Waals surface area contributed by atoms with Crippen LogP contribution in [0.4, 0.5) is 0 Å². The molecule has 0 aromatic rings. The molecule has 0 bridgehead atoms. The molecule has 1 aliphatic rings. The molecule has 0 aromatic carbocycles. The van der Waals surface area contributed by atoms with Crippen molar-refractivity contribution in [2.75, 3.05) is 13.1 Å². The summed E-state index contributed by atoms with van der Waals surface area (Å²) in [5.41, 5.74) is 7.58. The Hall–Kier alpha value is -1.42. The number of aliphatic hydroxyl groups excluding tert-OH is 2. The van der Waals surface area contributed by atoms with E-state index in [1.165, 1.54) is 0 Å². The Bertz CT molecular complexity index is 503. The predicted octanol–water partition coefficient (Wildman–Crippen LogP) is 0.858. The molecule has 1 saturated heterocycles. The van der Waals surface area contributed by atoms with Gasteiger partial charge < -0.3 is 29.7 Å². The molecule has 26 heavy (non-hydrogen) atoms. The summed E-state index contributed by atoms with van der Waals surface area (Å²) < 4.78 is 16.9. The van der Waals surface area contributed by atoms with Crippen LogP contribution in [0.2, 0.25) is 0 Å². The number of carbonyl (C=O) groups is 1. The first-order chi connectivity index (χ1) is 12.1. The van der Waals surface area contributed by atoms with Crippen LogP contribution < -0.4 is 5.32 Å². The summed E-state index contributed by atoms with van der Waals surface area (Å²) in [5.74, 6) is -0.497. The van der Waals surface area contributed by atoms with E-state index in [4.69, 9.17) is 19.7 Å². The van der Waals surface area contributed by atoms with E-state index in [-0.39, 0.29) is 19.2 Å². The number of amides is 1. The average molecular weight is 374 g/mol. The molecular weight excluding hydrogens is 344 g/mol. The fraction of sp³-hybridized carbons (Fsp3) is 0.938. The fourth-order valence-electron chi connectivity index (χ4n) is 2.48. The third-order valence-corrected chi connectivity index (χ3v) is 3.50. The van der Waals surface area contributed by atoms with E-state index in [1.54, 1.807) is 34.6 Å². The molecule has 5 atom stereocenters. The third kappa shape index (κ3) is 7.06. The van der Waals surface area contributed by atoms with Crippen LogP contribution in [0.15, 0.2) is 5.11 Å². The van der Waals surface area contributed by atoms with E-state index in [9.17, 15) is 15.0 Å². The van der Waals surface area contributed by atoms with Crippen LogP contribution in [0.3, 0.4) is 0 Å². The van der Waals surface area contributed by atoms with E-state index in [0.29, 0.717) is 6.42 Å². The monoisotopic (exact) mass is 374 g/mol. The highest BCUT2D eigenvalue weighted by atomic mass is 16.7. The van der Waals surface area contributed by atoms with Gasteiger partial charge in [-0.1, -0.05) is 5.11 Å². The van der Waals surface area contributed by atoms with Gasteiger partial charge in [-0.25, -0.2) is 0 Å². The highest BCUT2D eigenvalue weighted by Gasteiger charge is 2.50. The molecule has 2 unspecified atom stereocenters. The Labute approximate surface area is 153 Å². The number of nitrogens with zero attached hydrogens (tertiary/aromatic N) is 3. The van der Waals surface area contributed by atoms with E-state index in [1.807, 2.05) is 0 Å². The molecular formula is C16H30N4O6. The SMILES string of the molecule is CC(C)O[C@@H]1OC(C(=O)NCCCN=[N+]=[N-])[C@@H](OC(C)(C)C)C(O)[C@H]1O. The number of ether oxygens (including phenoxy) is 3. The van der Waals surface area contributed by atoms with Gasteiger partial charge in [0.1, 0.15) is 18.3 Å². The van der Waals surface area contributed by atoms with Crippen molar-refractivity contribution in [3.05, 3.63) is 10.4 Å². The zero-order chi connectivity index (χ0) is 19.9. The van der Waals surface area contributed by atoms with E-state index < -0.39 is 42.2 Å². The number of carbonyl (C=O) groups excluding carboxylic acids is 1. The first-order valence-electron chi connectivity index (χ1n) is 8.70. The molecule has 10 nitrogen and oxygen atoms in total. The maximum absolute atomic E-state index is 12.5. The minimum Gasteiger partial charge on any atom is -0.387 e. The molecule has 1 fully saturated rings. The quantitative estimate of drug-likeness (QED) is 0.248. The lowest BCUT2D eigenvalue weighted by Gasteiger charge is -2.44. The van der Waals surface area contributed by atoms with Crippen molar-refractivity contribution in [1.82, 2.24) is 5.32 Å². The van der Waals surface area contributed by atoms with Crippen LogP contribution in [0.5, 0.6) is 0 Å². The molecule has 1 aliphatic heterocycles. The Kier molecular flexibility index (Phi) is 8.75. The zero-order valence-electron chi connectivity index (χ0n) is 16.0. The van der Waals surface area contributed by atoms with Gasteiger partial charge in [0.05, 0.1) is 11.7 Å². The summed E-state index contributed by atoms with van der Waals surface area (Å²) in [6.07, 6.45) is -5.88. The molecule has 0 aliphatic carbocycles. The molecule has 1 rings (SSSR count). The van der Waals surface area contributed by atoms with Crippen molar-refractivity contribution in [3.8, 4) is 0 Å². The summed E-state index contributed by atoms with van der Waals surface area (Å²) in [6, 6.07) is 0. The number of hydrogen-bond donors (Lipinski definition) is 3. The van der Waals surface area contributed by atoms with Crippen LogP contribution in [0.25, 0.3) is 10.4 Å². The van der Waals surface area contributed by atoms with E-state index in [0.717, 1.165) is 0 Å². The van der Waals surface area contributed by atoms with Gasteiger partial charge in [-0.2, -0.15) is 0 Å². The molecule has 1 heterocycles. The van der Waals surface area contributed by atoms with Gasteiger partial charge in [0.25, 0.3) is 5.91 Å². The van der Waals surface area contributed by atoms with Gasteiger partial charge >= 0.3 is 0 Å². The van der Waals surface area contributed by atoms with Crippen molar-refractivity contribution in [1.29, 1.82) is 0 Å². The van der Waals surface area contributed by atoms with Crippen molar-refractivity contribution in [3.63, 3.8) is 0 Å². The van der Waals surface area contributed by atoms with Crippen molar-refractivity contribution in [2.45, 2.75) is 83.5 Å². The lowest BCUT2D eigenvalue weighted by atomic mass is 9.96. The predicted molar refractivity (Wildman–Crippen MR) is 93.2 cm³/mol. The zero-order valence-corrected chi connectivity index (χ0v) is 16.0. The second kappa shape index (κ2) is 10.1. The fourth-order valence-corrected chi connectivity index (χ4v) is 2.48. The minimum absolute atomic E-state index is 0.255. The van der Waals surface area contributed by atoms with Crippen LogP contribution in [0, 0.1) is 0 Å². The highest BCUT2D eigenvalue weighted by molar-refractivity contribution is 5.81. The lowest BCUT2D eigenvalue weighted by Crippen LogP contribution is -2.64. The van der Waals surface area contributed by atoms with Crippen LogP contribution in [0.1, 0.15) is 41.0 Å². The van der Waals surface area contributed by atoms with Crippen LogP contribution in [-0.2, 0) is 19.0 Å². The largest absolute Gasteiger partial charge is 0.387 e. The molecule has 1 amide bonds. The molecule has 0 saturated carbocycles. The van der Waals surface area contributed by atoms with Gasteiger partial charge in [-0.15, -0.1) is 0 Å².